The van der Waals surface area contributed by atoms with Gasteiger partial charge in [0.25, 0.3) is 11.8 Å². The number of nitrogens with zero attached hydrogens (tertiary/aromatic N) is 2. The molecule has 2 heterocycles. The van der Waals surface area contributed by atoms with E-state index in [0.717, 1.165) is 17.0 Å². The highest BCUT2D eigenvalue weighted by Crippen LogP contribution is 2.33. The number of esters is 1. The minimum atomic E-state index is -3.39. The van der Waals surface area contributed by atoms with Gasteiger partial charge in [-0.05, 0) is 80.4 Å². The third-order valence-corrected chi connectivity index (χ3v) is 5.80. The van der Waals surface area contributed by atoms with Crippen molar-refractivity contribution in [2.75, 3.05) is 5.01 Å². The molecular weight excluding hydrogens is 504 g/mol. The number of nitrogens with one attached hydrogen (secondary N) is 1. The summed E-state index contributed by atoms with van der Waals surface area (Å²) in [5, 5.41) is 13.6. The molecule has 0 saturated heterocycles. The molecule has 192 valence electrons. The van der Waals surface area contributed by atoms with Crippen LogP contribution in [0.3, 0.4) is 0 Å². The number of hydrogen-bond donors (Lipinski definition) is 2. The van der Waals surface area contributed by atoms with Crippen molar-refractivity contribution in [3.8, 4) is 11.3 Å². The fraction of sp³-hybridized carbons (Fsp3) is 0.192. The van der Waals surface area contributed by atoms with E-state index in [1.54, 1.807) is 62.4 Å². The third-order valence-electron chi connectivity index (χ3n) is 5.20. The van der Waals surface area contributed by atoms with Crippen molar-refractivity contribution in [3.63, 3.8) is 0 Å². The number of amides is 1. The molecule has 2 N–H and O–H groups in total. The van der Waals surface area contributed by atoms with Gasteiger partial charge in [-0.1, -0.05) is 12.1 Å². The number of alkyl halides is 2. The van der Waals surface area contributed by atoms with E-state index in [-0.39, 0.29) is 23.1 Å². The van der Waals surface area contributed by atoms with E-state index in [2.05, 4.69) is 5.10 Å². The molecule has 0 bridgehead atoms. The molecule has 0 unspecified atom stereocenters. The number of rotatable bonds is 8. The zero-order valence-corrected chi connectivity index (χ0v) is 20.9. The van der Waals surface area contributed by atoms with Gasteiger partial charge in [0.05, 0.1) is 22.9 Å². The van der Waals surface area contributed by atoms with Crippen LogP contribution >= 0.6 is 11.9 Å². The van der Waals surface area contributed by atoms with E-state index < -0.39 is 23.5 Å². The first-order valence-corrected chi connectivity index (χ1v) is 12.0. The summed E-state index contributed by atoms with van der Waals surface area (Å²) >= 11 is 0.939. The summed E-state index contributed by atoms with van der Waals surface area (Å²) < 4.78 is 39.8. The van der Waals surface area contributed by atoms with Gasteiger partial charge < -0.3 is 14.4 Å². The van der Waals surface area contributed by atoms with Crippen molar-refractivity contribution in [1.29, 1.82) is 0 Å². The predicted molar refractivity (Wildman–Crippen MR) is 135 cm³/mol. The number of benzene rings is 2. The highest BCUT2D eigenvalue weighted by molar-refractivity contribution is 7.97. The minimum absolute atomic E-state index is 0.182. The first-order valence-electron chi connectivity index (χ1n) is 11.2. The Morgan fingerprint density at radius 1 is 1.14 bits per heavy atom. The van der Waals surface area contributed by atoms with E-state index in [1.165, 1.54) is 18.2 Å². The van der Waals surface area contributed by atoms with Crippen molar-refractivity contribution in [2.24, 2.45) is 5.10 Å². The largest absolute Gasteiger partial charge is 0.459 e. The zero-order valence-electron chi connectivity index (χ0n) is 20.1. The Labute approximate surface area is 215 Å². The van der Waals surface area contributed by atoms with Gasteiger partial charge in [0.1, 0.15) is 17.2 Å². The van der Waals surface area contributed by atoms with E-state index in [0.29, 0.717) is 28.7 Å². The Morgan fingerprint density at radius 3 is 2.41 bits per heavy atom. The molecule has 1 aliphatic heterocycles. The van der Waals surface area contributed by atoms with Crippen LogP contribution in [0.25, 0.3) is 17.4 Å². The Bertz CT molecular complexity index is 1360. The molecule has 1 amide bonds. The van der Waals surface area contributed by atoms with Crippen molar-refractivity contribution >= 4 is 41.3 Å². The maximum atomic E-state index is 14.4. The van der Waals surface area contributed by atoms with Crippen LogP contribution in [0.2, 0.25) is 0 Å². The molecule has 0 atom stereocenters. The average Bonchev–Trinajstić information content (AvgIpc) is 3.45. The molecule has 2 aromatic carbocycles. The van der Waals surface area contributed by atoms with E-state index >= 15 is 0 Å². The van der Waals surface area contributed by atoms with Crippen molar-refractivity contribution < 1.29 is 32.7 Å². The zero-order chi connectivity index (χ0) is 26.7. The van der Waals surface area contributed by atoms with E-state index in [4.69, 9.17) is 14.4 Å². The molecule has 0 aliphatic carbocycles. The summed E-state index contributed by atoms with van der Waals surface area (Å²) in [5.74, 6) is -3.96. The molecule has 0 spiro atoms. The van der Waals surface area contributed by atoms with Gasteiger partial charge in [-0.2, -0.15) is 18.9 Å². The Hall–Kier alpha value is -3.80. The van der Waals surface area contributed by atoms with Gasteiger partial charge in [0.2, 0.25) is 0 Å². The molecular formula is C26H23F2N3O5S. The monoisotopic (exact) mass is 527 g/mol. The Morgan fingerprint density at radius 2 is 1.81 bits per heavy atom. The lowest BCUT2D eigenvalue weighted by Crippen LogP contribution is -2.26. The fourth-order valence-corrected chi connectivity index (χ4v) is 3.91. The van der Waals surface area contributed by atoms with Crippen LogP contribution < -0.4 is 9.89 Å². The predicted octanol–water partition coefficient (Wildman–Crippen LogP) is 5.94. The number of carbonyl (C=O) groups is 2. The second-order valence-electron chi connectivity index (χ2n) is 8.43. The van der Waals surface area contributed by atoms with Crippen LogP contribution in [-0.2, 0) is 9.53 Å². The van der Waals surface area contributed by atoms with Crippen LogP contribution in [0.5, 0.6) is 0 Å². The van der Waals surface area contributed by atoms with Crippen molar-refractivity contribution in [3.05, 3.63) is 77.6 Å². The molecule has 1 aliphatic rings. The standard InChI is InChI=1S/C26H23F2N3O5S/c1-15(2)35-25(33)17-6-4-16(5-7-17)22-13-10-19(36-22)14-21-23(26(3,27)28)29-31(24(21)32)18-8-11-20(12-9-18)37-30-34/h4-15,30,34H,1-3H3/b21-14-. The lowest BCUT2D eigenvalue weighted by molar-refractivity contribution is -0.114. The summed E-state index contributed by atoms with van der Waals surface area (Å²) in [5.41, 5.74) is 0.340. The molecule has 37 heavy (non-hydrogen) atoms. The second-order valence-corrected chi connectivity index (χ2v) is 9.29. The fourth-order valence-electron chi connectivity index (χ4n) is 3.53. The van der Waals surface area contributed by atoms with Gasteiger partial charge >= 0.3 is 5.97 Å². The average molecular weight is 528 g/mol. The lowest BCUT2D eigenvalue weighted by Gasteiger charge is -2.12. The van der Waals surface area contributed by atoms with Crippen molar-refractivity contribution in [2.45, 2.75) is 37.7 Å². The van der Waals surface area contributed by atoms with Gasteiger partial charge in [-0.15, -0.1) is 4.89 Å². The van der Waals surface area contributed by atoms with Crippen LogP contribution in [0.15, 0.2) is 80.7 Å². The highest BCUT2D eigenvalue weighted by atomic mass is 32.2. The minimum Gasteiger partial charge on any atom is -0.459 e. The van der Waals surface area contributed by atoms with Gasteiger partial charge in [-0.3, -0.25) is 4.79 Å². The summed E-state index contributed by atoms with van der Waals surface area (Å²) in [6.45, 7) is 4.19. The normalized spacial score (nSPS) is 15.0. The summed E-state index contributed by atoms with van der Waals surface area (Å²) in [4.78, 5) is 27.7. The molecule has 1 aromatic heterocycles. The number of hydrazone groups is 1. The van der Waals surface area contributed by atoms with Gasteiger partial charge in [0, 0.05) is 17.4 Å². The maximum Gasteiger partial charge on any atom is 0.338 e. The smallest absolute Gasteiger partial charge is 0.338 e. The lowest BCUT2D eigenvalue weighted by atomic mass is 10.0. The molecule has 8 nitrogen and oxygen atoms in total. The van der Waals surface area contributed by atoms with E-state index in [1.807, 2.05) is 4.89 Å². The number of anilines is 1. The third kappa shape index (κ3) is 5.96. The quantitative estimate of drug-likeness (QED) is 0.162. The van der Waals surface area contributed by atoms with Crippen LogP contribution in [0, 0.1) is 0 Å². The number of furan rings is 1. The summed E-state index contributed by atoms with van der Waals surface area (Å²) in [6, 6.07) is 16.0. The number of ether oxygens (including phenoxy) is 1. The topological polar surface area (TPSA) is 104 Å². The Balaban J connectivity index is 1.59. The maximum absolute atomic E-state index is 14.4. The summed E-state index contributed by atoms with van der Waals surface area (Å²) in [7, 11) is 0. The molecule has 0 fully saturated rings. The SMILES string of the molecule is CC(C)OC(=O)c1ccc(-c2ccc(/C=C3\C(=O)N(c4ccc(SNO)cc4)N=C3C(C)(F)F)o2)cc1. The molecule has 3 aromatic rings. The highest BCUT2D eigenvalue weighted by Gasteiger charge is 2.43. The molecule has 0 saturated carbocycles. The van der Waals surface area contributed by atoms with Crippen LogP contribution in [0.1, 0.15) is 36.9 Å². The van der Waals surface area contributed by atoms with Crippen LogP contribution in [-0.4, -0.2) is 34.8 Å². The Kier molecular flexibility index (Phi) is 7.58. The van der Waals surface area contributed by atoms with Crippen LogP contribution in [0.4, 0.5) is 14.5 Å². The molecule has 4 rings (SSSR count). The van der Waals surface area contributed by atoms with E-state index in [9.17, 15) is 18.4 Å². The number of carbonyl (C=O) groups excluding carboxylic acids is 2. The molecule has 0 radical (unpaired) electrons. The second kappa shape index (κ2) is 10.7. The number of halogens is 2. The molecule has 11 heteroatoms. The number of hydrogen-bond acceptors (Lipinski definition) is 8. The summed E-state index contributed by atoms with van der Waals surface area (Å²) in [6.07, 6.45) is 0.990. The first-order chi connectivity index (χ1) is 17.6. The first kappa shape index (κ1) is 26.3. The van der Waals surface area contributed by atoms with Gasteiger partial charge in [-0.25, -0.2) is 4.79 Å². The van der Waals surface area contributed by atoms with Gasteiger partial charge in [0.15, 0.2) is 0 Å². The van der Waals surface area contributed by atoms with Crippen molar-refractivity contribution in [1.82, 2.24) is 4.89 Å².